The van der Waals surface area contributed by atoms with E-state index in [9.17, 15) is 13.2 Å². The van der Waals surface area contributed by atoms with Crippen molar-refractivity contribution in [2.24, 2.45) is 0 Å². The van der Waals surface area contributed by atoms with Gasteiger partial charge in [-0.2, -0.15) is 0 Å². The van der Waals surface area contributed by atoms with Gasteiger partial charge in [0.1, 0.15) is 0 Å². The number of rotatable bonds is 5. The molecule has 0 saturated carbocycles. The van der Waals surface area contributed by atoms with E-state index in [1.165, 1.54) is 20.2 Å². The fourth-order valence-corrected chi connectivity index (χ4v) is 3.51. The number of benzene rings is 2. The van der Waals surface area contributed by atoms with Gasteiger partial charge in [-0.1, -0.05) is 24.3 Å². The Kier molecular flexibility index (Phi) is 5.65. The van der Waals surface area contributed by atoms with Gasteiger partial charge in [0.15, 0.2) is 0 Å². The van der Waals surface area contributed by atoms with Gasteiger partial charge in [0, 0.05) is 19.8 Å². The molecule has 0 aromatic heterocycles. The van der Waals surface area contributed by atoms with Crippen LogP contribution in [0.1, 0.15) is 22.3 Å². The van der Waals surface area contributed by atoms with Crippen LogP contribution in [0.15, 0.2) is 41.3 Å². The van der Waals surface area contributed by atoms with Crippen molar-refractivity contribution in [3.63, 3.8) is 0 Å². The summed E-state index contributed by atoms with van der Waals surface area (Å²) in [5.74, 6) is -0.170. The van der Waals surface area contributed by atoms with E-state index in [-0.39, 0.29) is 17.2 Å². The lowest BCUT2D eigenvalue weighted by atomic mass is 10.0. The van der Waals surface area contributed by atoms with Crippen LogP contribution in [0.4, 0.5) is 5.69 Å². The number of aryl methyl sites for hydroxylation is 2. The van der Waals surface area contributed by atoms with Gasteiger partial charge in [0.05, 0.1) is 11.3 Å². The molecular weight excluding hydrogens is 336 g/mol. The molecule has 0 aliphatic carbocycles. The molecule has 0 aliphatic rings. The summed E-state index contributed by atoms with van der Waals surface area (Å²) in [6.45, 7) is 5.66. The molecule has 134 valence electrons. The molecule has 0 atom stereocenters. The highest BCUT2D eigenvalue weighted by Crippen LogP contribution is 2.25. The average molecular weight is 360 g/mol. The van der Waals surface area contributed by atoms with Gasteiger partial charge >= 0.3 is 0 Å². The van der Waals surface area contributed by atoms with E-state index >= 15 is 0 Å². The third-order valence-electron chi connectivity index (χ3n) is 4.31. The predicted octanol–water partition coefficient (Wildman–Crippen LogP) is 3.04. The Hall–Kier alpha value is -2.18. The Morgan fingerprint density at radius 1 is 1.04 bits per heavy atom. The van der Waals surface area contributed by atoms with Crippen molar-refractivity contribution in [1.29, 1.82) is 0 Å². The number of amides is 1. The molecule has 2 rings (SSSR count). The molecule has 0 unspecified atom stereocenters. The van der Waals surface area contributed by atoms with E-state index in [4.69, 9.17) is 0 Å². The quantitative estimate of drug-likeness (QED) is 0.891. The van der Waals surface area contributed by atoms with Crippen LogP contribution in [0.5, 0.6) is 0 Å². The zero-order chi connectivity index (χ0) is 18.8. The molecule has 0 saturated heterocycles. The molecule has 2 aromatic carbocycles. The first kappa shape index (κ1) is 19.1. The molecule has 0 heterocycles. The number of sulfonamides is 1. The van der Waals surface area contributed by atoms with Crippen LogP contribution in [-0.2, 0) is 21.2 Å². The van der Waals surface area contributed by atoms with Crippen molar-refractivity contribution >= 4 is 21.6 Å². The van der Waals surface area contributed by atoms with Crippen LogP contribution in [0, 0.1) is 20.8 Å². The first-order chi connectivity index (χ1) is 11.6. The van der Waals surface area contributed by atoms with Gasteiger partial charge in [0.2, 0.25) is 15.9 Å². The van der Waals surface area contributed by atoms with E-state index in [0.717, 1.165) is 26.6 Å². The molecule has 0 radical (unpaired) electrons. The van der Waals surface area contributed by atoms with E-state index in [1.807, 2.05) is 45.0 Å². The summed E-state index contributed by atoms with van der Waals surface area (Å²) in [5.41, 5.74) is 4.20. The Morgan fingerprint density at radius 2 is 1.68 bits per heavy atom. The summed E-state index contributed by atoms with van der Waals surface area (Å²) in [6.07, 6.45) is 0.246. The van der Waals surface area contributed by atoms with Gasteiger partial charge < -0.3 is 5.32 Å². The zero-order valence-corrected chi connectivity index (χ0v) is 16.1. The smallest absolute Gasteiger partial charge is 0.242 e. The number of carbonyl (C=O) groups excluding carboxylic acids is 1. The zero-order valence-electron chi connectivity index (χ0n) is 15.3. The summed E-state index contributed by atoms with van der Waals surface area (Å²) in [4.78, 5) is 12.6. The average Bonchev–Trinajstić information content (AvgIpc) is 2.53. The Bertz CT molecular complexity index is 903. The summed E-state index contributed by atoms with van der Waals surface area (Å²) < 4.78 is 25.9. The fraction of sp³-hybridized carbons (Fsp3) is 0.316. The van der Waals surface area contributed by atoms with Crippen molar-refractivity contribution in [3.05, 3.63) is 58.7 Å². The lowest BCUT2D eigenvalue weighted by Crippen LogP contribution is -2.23. The molecule has 6 heteroatoms. The standard InChI is InChI=1S/C19H24N2O3S/c1-13-8-6-7-9-16(13)11-19(22)20-18-12-17(10-14(2)15(18)3)25(23,24)21(4)5/h6-10,12H,11H2,1-5H3,(H,20,22). The summed E-state index contributed by atoms with van der Waals surface area (Å²) in [5, 5.41) is 2.86. The second-order valence-electron chi connectivity index (χ2n) is 6.35. The number of carbonyl (C=O) groups is 1. The Labute approximate surface area is 149 Å². The maximum Gasteiger partial charge on any atom is 0.242 e. The lowest BCUT2D eigenvalue weighted by molar-refractivity contribution is -0.115. The van der Waals surface area contributed by atoms with Crippen LogP contribution in [0.25, 0.3) is 0 Å². The van der Waals surface area contributed by atoms with Crippen LogP contribution < -0.4 is 5.32 Å². The highest BCUT2D eigenvalue weighted by Gasteiger charge is 2.20. The summed E-state index contributed by atoms with van der Waals surface area (Å²) in [6, 6.07) is 10.9. The Balaban J connectivity index is 2.32. The number of nitrogens with zero attached hydrogens (tertiary/aromatic N) is 1. The summed E-state index contributed by atoms with van der Waals surface area (Å²) >= 11 is 0. The van der Waals surface area contributed by atoms with E-state index < -0.39 is 10.0 Å². The highest BCUT2D eigenvalue weighted by atomic mass is 32.2. The third-order valence-corrected chi connectivity index (χ3v) is 6.10. The van der Waals surface area contributed by atoms with E-state index in [1.54, 1.807) is 6.07 Å². The number of hydrogen-bond acceptors (Lipinski definition) is 3. The van der Waals surface area contributed by atoms with Crippen LogP contribution in [0.3, 0.4) is 0 Å². The number of anilines is 1. The first-order valence-electron chi connectivity index (χ1n) is 8.01. The molecule has 0 bridgehead atoms. The van der Waals surface area contributed by atoms with Gasteiger partial charge in [-0.05, 0) is 55.2 Å². The predicted molar refractivity (Wildman–Crippen MR) is 100 cm³/mol. The van der Waals surface area contributed by atoms with Crippen molar-refractivity contribution in [1.82, 2.24) is 4.31 Å². The van der Waals surface area contributed by atoms with Gasteiger partial charge in [-0.25, -0.2) is 12.7 Å². The molecule has 0 aliphatic heterocycles. The fourth-order valence-electron chi connectivity index (χ4n) is 2.49. The van der Waals surface area contributed by atoms with E-state index in [0.29, 0.717) is 5.69 Å². The van der Waals surface area contributed by atoms with Crippen LogP contribution in [-0.4, -0.2) is 32.7 Å². The summed E-state index contributed by atoms with van der Waals surface area (Å²) in [7, 11) is -0.584. The van der Waals surface area contributed by atoms with E-state index in [2.05, 4.69) is 5.32 Å². The highest BCUT2D eigenvalue weighted by molar-refractivity contribution is 7.89. The van der Waals surface area contributed by atoms with Crippen molar-refractivity contribution in [2.75, 3.05) is 19.4 Å². The molecule has 1 N–H and O–H groups in total. The first-order valence-corrected chi connectivity index (χ1v) is 9.45. The normalized spacial score (nSPS) is 11.6. The molecule has 1 amide bonds. The van der Waals surface area contributed by atoms with Gasteiger partial charge in [-0.15, -0.1) is 0 Å². The molecular formula is C19H24N2O3S. The second-order valence-corrected chi connectivity index (χ2v) is 8.50. The largest absolute Gasteiger partial charge is 0.326 e. The van der Waals surface area contributed by atoms with Crippen molar-refractivity contribution in [2.45, 2.75) is 32.1 Å². The molecule has 5 nitrogen and oxygen atoms in total. The number of nitrogens with one attached hydrogen (secondary N) is 1. The second kappa shape index (κ2) is 7.37. The SMILES string of the molecule is Cc1ccccc1CC(=O)Nc1cc(S(=O)(=O)N(C)C)cc(C)c1C. The van der Waals surface area contributed by atoms with Crippen molar-refractivity contribution in [3.8, 4) is 0 Å². The minimum atomic E-state index is -3.56. The minimum Gasteiger partial charge on any atom is -0.326 e. The minimum absolute atomic E-state index is 0.170. The maximum absolute atomic E-state index is 12.4. The maximum atomic E-state index is 12.4. The van der Waals surface area contributed by atoms with Gasteiger partial charge in [-0.3, -0.25) is 4.79 Å². The molecule has 0 fully saturated rings. The Morgan fingerprint density at radius 3 is 2.28 bits per heavy atom. The van der Waals surface area contributed by atoms with Crippen LogP contribution in [0.2, 0.25) is 0 Å². The lowest BCUT2D eigenvalue weighted by Gasteiger charge is -2.16. The van der Waals surface area contributed by atoms with Gasteiger partial charge in [0.25, 0.3) is 0 Å². The third kappa shape index (κ3) is 4.27. The molecule has 2 aromatic rings. The topological polar surface area (TPSA) is 66.5 Å². The molecule has 25 heavy (non-hydrogen) atoms. The van der Waals surface area contributed by atoms with Crippen molar-refractivity contribution < 1.29 is 13.2 Å². The monoisotopic (exact) mass is 360 g/mol. The number of hydrogen-bond donors (Lipinski definition) is 1. The molecule has 0 spiro atoms. The van der Waals surface area contributed by atoms with Crippen LogP contribution >= 0.6 is 0 Å².